The maximum absolute atomic E-state index is 9.75. The third kappa shape index (κ3) is 4.45. The normalized spacial score (nSPS) is 18.7. The molecule has 0 radical (unpaired) electrons. The van der Waals surface area contributed by atoms with Crippen molar-refractivity contribution in [3.63, 3.8) is 0 Å². The molecule has 35 heavy (non-hydrogen) atoms. The summed E-state index contributed by atoms with van der Waals surface area (Å²) in [7, 11) is 1.87. The van der Waals surface area contributed by atoms with Gasteiger partial charge in [0.05, 0.1) is 35.6 Å². The van der Waals surface area contributed by atoms with Crippen molar-refractivity contribution in [3.05, 3.63) is 42.7 Å². The van der Waals surface area contributed by atoms with E-state index in [4.69, 9.17) is 9.84 Å². The molecule has 0 aromatic carbocycles. The predicted octanol–water partition coefficient (Wildman–Crippen LogP) is 3.73. The number of pyridine rings is 1. The van der Waals surface area contributed by atoms with Crippen LogP contribution in [-0.2, 0) is 5.54 Å². The Morgan fingerprint density at radius 1 is 1.11 bits per heavy atom. The Kier molecular flexibility index (Phi) is 6.14. The molecule has 4 heterocycles. The molecule has 1 aliphatic rings. The van der Waals surface area contributed by atoms with Crippen LogP contribution in [0.4, 0.5) is 5.82 Å². The number of rotatable bonds is 7. The number of hydrogen-bond acceptors (Lipinski definition) is 8. The summed E-state index contributed by atoms with van der Waals surface area (Å²) in [5.74, 6) is 1.42. The van der Waals surface area contributed by atoms with Crippen LogP contribution < -0.4 is 10.1 Å². The third-order valence-electron chi connectivity index (χ3n) is 6.82. The molecule has 4 aromatic heterocycles. The van der Waals surface area contributed by atoms with Crippen molar-refractivity contribution in [2.45, 2.75) is 64.1 Å². The first-order valence-corrected chi connectivity index (χ1v) is 12.1. The highest BCUT2D eigenvalue weighted by Gasteiger charge is 2.28. The van der Waals surface area contributed by atoms with Crippen molar-refractivity contribution in [2.24, 2.45) is 0 Å². The van der Waals surface area contributed by atoms with Gasteiger partial charge in [-0.15, -0.1) is 0 Å². The number of ether oxygens (including phenoxy) is 1. The number of aliphatic hydroxyl groups is 1. The molecule has 10 nitrogen and oxygen atoms in total. The summed E-state index contributed by atoms with van der Waals surface area (Å²) >= 11 is 0. The number of nitrogens with zero attached hydrogens (tertiary/aromatic N) is 7. The molecule has 184 valence electrons. The molecule has 0 bridgehead atoms. The fourth-order valence-electron chi connectivity index (χ4n) is 4.59. The summed E-state index contributed by atoms with van der Waals surface area (Å²) in [6, 6.07) is 2.31. The fourth-order valence-corrected chi connectivity index (χ4v) is 4.59. The fraction of sp³-hybridized carbons (Fsp3) is 0.480. The van der Waals surface area contributed by atoms with E-state index in [9.17, 15) is 5.11 Å². The van der Waals surface area contributed by atoms with Crippen molar-refractivity contribution in [2.75, 3.05) is 19.0 Å². The van der Waals surface area contributed by atoms with Crippen LogP contribution in [0.3, 0.4) is 0 Å². The predicted molar refractivity (Wildman–Crippen MR) is 133 cm³/mol. The number of aryl methyl sites for hydroxylation is 1. The highest BCUT2D eigenvalue weighted by atomic mass is 16.5. The van der Waals surface area contributed by atoms with E-state index in [1.165, 1.54) is 0 Å². The van der Waals surface area contributed by atoms with E-state index >= 15 is 0 Å². The molecular formula is C25H32N8O2. The molecule has 0 spiro atoms. The summed E-state index contributed by atoms with van der Waals surface area (Å²) in [5.41, 5.74) is 3.12. The monoisotopic (exact) mass is 476 g/mol. The van der Waals surface area contributed by atoms with Crippen LogP contribution in [-0.4, -0.2) is 59.4 Å². The average molecular weight is 477 g/mol. The van der Waals surface area contributed by atoms with Crippen LogP contribution in [0.25, 0.3) is 22.2 Å². The number of hydrogen-bond donors (Lipinski definition) is 2. The summed E-state index contributed by atoms with van der Waals surface area (Å²) in [4.78, 5) is 13.2. The number of fused-ring (bicyclic) bond motifs is 1. The molecule has 0 unspecified atom stereocenters. The quantitative estimate of drug-likeness (QED) is 0.415. The molecular weight excluding hydrogens is 444 g/mol. The van der Waals surface area contributed by atoms with Gasteiger partial charge >= 0.3 is 0 Å². The second kappa shape index (κ2) is 9.26. The summed E-state index contributed by atoms with van der Waals surface area (Å²) in [6.45, 7) is 5.81. The molecule has 4 aromatic rings. The summed E-state index contributed by atoms with van der Waals surface area (Å²) in [6.07, 6.45) is 12.9. The van der Waals surface area contributed by atoms with Crippen molar-refractivity contribution < 1.29 is 9.84 Å². The second-order valence-corrected chi connectivity index (χ2v) is 9.77. The smallest absolute Gasteiger partial charge is 0.235 e. The maximum atomic E-state index is 9.75. The minimum Gasteiger partial charge on any atom is -0.473 e. The Labute approximate surface area is 204 Å². The molecule has 0 amide bonds. The van der Waals surface area contributed by atoms with Crippen molar-refractivity contribution in [1.29, 1.82) is 0 Å². The Balaban J connectivity index is 1.43. The van der Waals surface area contributed by atoms with Crippen molar-refractivity contribution in [1.82, 2.24) is 34.5 Å². The molecule has 5 rings (SSSR count). The van der Waals surface area contributed by atoms with Gasteiger partial charge < -0.3 is 15.2 Å². The van der Waals surface area contributed by atoms with Crippen LogP contribution in [0, 0.1) is 6.92 Å². The Bertz CT molecular complexity index is 1320. The van der Waals surface area contributed by atoms with E-state index < -0.39 is 5.54 Å². The highest BCUT2D eigenvalue weighted by Crippen LogP contribution is 2.36. The minimum atomic E-state index is -0.492. The lowest BCUT2D eigenvalue weighted by Gasteiger charge is -2.29. The zero-order chi connectivity index (χ0) is 24.6. The van der Waals surface area contributed by atoms with Crippen molar-refractivity contribution >= 4 is 16.7 Å². The van der Waals surface area contributed by atoms with E-state index in [0.29, 0.717) is 5.88 Å². The van der Waals surface area contributed by atoms with Crippen LogP contribution in [0.15, 0.2) is 37.1 Å². The minimum absolute atomic E-state index is 0.00417. The van der Waals surface area contributed by atoms with E-state index in [1.807, 2.05) is 46.4 Å². The molecule has 1 aliphatic carbocycles. The van der Waals surface area contributed by atoms with E-state index in [2.05, 4.69) is 36.1 Å². The van der Waals surface area contributed by atoms with Gasteiger partial charge in [-0.05, 0) is 46.5 Å². The lowest BCUT2D eigenvalue weighted by molar-refractivity contribution is 0.124. The topological polar surface area (TPSA) is 116 Å². The van der Waals surface area contributed by atoms with Crippen LogP contribution in [0.1, 0.15) is 51.3 Å². The first kappa shape index (κ1) is 23.2. The number of nitrogens with one attached hydrogen (secondary N) is 1. The Morgan fingerprint density at radius 2 is 1.89 bits per heavy atom. The lowest BCUT2D eigenvalue weighted by Crippen LogP contribution is -2.30. The van der Waals surface area contributed by atoms with Crippen molar-refractivity contribution in [3.8, 4) is 17.1 Å². The molecule has 0 saturated heterocycles. The van der Waals surface area contributed by atoms with Gasteiger partial charge in [-0.1, -0.05) is 0 Å². The van der Waals surface area contributed by atoms with Gasteiger partial charge in [-0.3, -0.25) is 14.3 Å². The Morgan fingerprint density at radius 3 is 2.60 bits per heavy atom. The lowest BCUT2D eigenvalue weighted by atomic mass is 9.93. The second-order valence-electron chi connectivity index (χ2n) is 9.77. The number of anilines is 1. The van der Waals surface area contributed by atoms with Crippen LogP contribution >= 0.6 is 0 Å². The zero-order valence-corrected chi connectivity index (χ0v) is 20.6. The van der Waals surface area contributed by atoms with Gasteiger partial charge in [-0.2, -0.15) is 10.2 Å². The third-order valence-corrected chi connectivity index (χ3v) is 6.82. The standard InChI is InChI=1S/C25H32N8O2/c1-16-24(28-10-9-27-16)35-19-7-5-18(6-8-19)33-21-11-22(26-4)29-13-20(21)23(31-33)17-12-30-32(14-17)25(2,3)15-34/h9-14,18-19,34H,5-8,15H2,1-4H3,(H,26,29)/t18-,19+. The average Bonchev–Trinajstić information content (AvgIpc) is 3.51. The Hall–Kier alpha value is -3.53. The largest absolute Gasteiger partial charge is 0.473 e. The number of aliphatic hydroxyl groups excluding tert-OH is 1. The molecule has 1 fully saturated rings. The van der Waals surface area contributed by atoms with Gasteiger partial charge in [-0.25, -0.2) is 9.97 Å². The van der Waals surface area contributed by atoms with Gasteiger partial charge in [0.2, 0.25) is 5.88 Å². The highest BCUT2D eigenvalue weighted by molar-refractivity contribution is 5.93. The number of aromatic nitrogens is 7. The van der Waals surface area contributed by atoms with E-state index in [0.717, 1.165) is 59.4 Å². The van der Waals surface area contributed by atoms with Gasteiger partial charge in [0.25, 0.3) is 0 Å². The van der Waals surface area contributed by atoms with Gasteiger partial charge in [0, 0.05) is 48.9 Å². The van der Waals surface area contributed by atoms with Crippen LogP contribution in [0.2, 0.25) is 0 Å². The summed E-state index contributed by atoms with van der Waals surface area (Å²) < 4.78 is 10.1. The van der Waals surface area contributed by atoms with Crippen LogP contribution in [0.5, 0.6) is 5.88 Å². The molecule has 1 saturated carbocycles. The SMILES string of the molecule is CNc1cc2c(cn1)c(-c1cnn(C(C)(C)CO)c1)nn2[C@H]1CC[C@@H](Oc2nccnc2C)CC1. The van der Waals surface area contributed by atoms with E-state index in [1.54, 1.807) is 17.1 Å². The summed E-state index contributed by atoms with van der Waals surface area (Å²) in [5, 5.41) is 23.4. The zero-order valence-electron chi connectivity index (χ0n) is 20.6. The molecule has 0 atom stereocenters. The molecule has 2 N–H and O–H groups in total. The molecule has 10 heteroatoms. The van der Waals surface area contributed by atoms with Gasteiger partial charge in [0.15, 0.2) is 0 Å². The van der Waals surface area contributed by atoms with Gasteiger partial charge in [0.1, 0.15) is 17.6 Å². The first-order valence-electron chi connectivity index (χ1n) is 12.1. The maximum Gasteiger partial charge on any atom is 0.235 e. The molecule has 0 aliphatic heterocycles. The first-order chi connectivity index (χ1) is 16.9. The van der Waals surface area contributed by atoms with E-state index in [-0.39, 0.29) is 18.8 Å².